The van der Waals surface area contributed by atoms with Crippen LogP contribution in [-0.2, 0) is 23.7 Å². The van der Waals surface area contributed by atoms with E-state index in [1.54, 1.807) is 12.1 Å². The van der Waals surface area contributed by atoms with Crippen LogP contribution in [0.1, 0.15) is 43.1 Å². The number of ketones is 1. The van der Waals surface area contributed by atoms with Crippen molar-refractivity contribution in [2.24, 2.45) is 4.99 Å². The Morgan fingerprint density at radius 2 is 1.41 bits per heavy atom. The van der Waals surface area contributed by atoms with Crippen molar-refractivity contribution in [2.75, 3.05) is 71.4 Å². The molecule has 0 heterocycles. The Balaban J connectivity index is 1.94. The standard InChI is InChI=1S/C25H40N2O6S/c1-25(2,3)27-19-21-5-7-22(8-6-21)24(29)26-10-12-31-14-16-33-18-17-32-15-13-30-11-9-23(28)20-34-4/h5-8,19H,9-18,20H2,1-4H3,(H,26,29)/b27-19+. The van der Waals surface area contributed by atoms with E-state index in [9.17, 15) is 9.59 Å². The highest BCUT2D eigenvalue weighted by molar-refractivity contribution is 7.99. The number of amides is 1. The normalized spacial score (nSPS) is 11.8. The summed E-state index contributed by atoms with van der Waals surface area (Å²) in [5.74, 6) is 0.615. The van der Waals surface area contributed by atoms with Gasteiger partial charge in [-0.05, 0) is 44.7 Å². The number of nitrogens with zero attached hydrogens (tertiary/aromatic N) is 1. The van der Waals surface area contributed by atoms with E-state index >= 15 is 0 Å². The fourth-order valence-electron chi connectivity index (χ4n) is 2.51. The SMILES string of the molecule is CSCC(=O)CCOCCOCCOCCOCCNC(=O)c1ccc(/C=N/C(C)(C)C)cc1. The van der Waals surface area contributed by atoms with Crippen LogP contribution in [-0.4, -0.2) is 94.9 Å². The number of benzene rings is 1. The van der Waals surface area contributed by atoms with Gasteiger partial charge in [-0.3, -0.25) is 14.6 Å². The number of Topliss-reactive ketones (excluding diaryl/α,β-unsaturated/α-hetero) is 1. The first-order valence-corrected chi connectivity index (χ1v) is 13.0. The second-order valence-corrected chi connectivity index (χ2v) is 9.34. The lowest BCUT2D eigenvalue weighted by Gasteiger charge is -2.11. The Bertz CT molecular complexity index is 719. The number of carbonyl (C=O) groups is 2. The van der Waals surface area contributed by atoms with Gasteiger partial charge in [0.15, 0.2) is 0 Å². The van der Waals surface area contributed by atoms with Gasteiger partial charge in [-0.15, -0.1) is 0 Å². The lowest BCUT2D eigenvalue weighted by Crippen LogP contribution is -2.27. The molecule has 0 aliphatic carbocycles. The summed E-state index contributed by atoms with van der Waals surface area (Å²) in [5, 5.41) is 2.84. The summed E-state index contributed by atoms with van der Waals surface area (Å²) < 4.78 is 21.7. The number of rotatable bonds is 19. The van der Waals surface area contributed by atoms with E-state index in [0.29, 0.717) is 77.1 Å². The fraction of sp³-hybridized carbons (Fsp3) is 0.640. The van der Waals surface area contributed by atoms with E-state index < -0.39 is 0 Å². The summed E-state index contributed by atoms with van der Waals surface area (Å²) in [7, 11) is 0. The Morgan fingerprint density at radius 3 is 1.94 bits per heavy atom. The first-order chi connectivity index (χ1) is 16.3. The molecule has 192 valence electrons. The summed E-state index contributed by atoms with van der Waals surface area (Å²) in [5.41, 5.74) is 1.44. The molecule has 0 fully saturated rings. The van der Waals surface area contributed by atoms with Crippen LogP contribution in [0.4, 0.5) is 0 Å². The topological polar surface area (TPSA) is 95.5 Å². The van der Waals surface area contributed by atoms with Gasteiger partial charge in [0.1, 0.15) is 5.78 Å². The zero-order valence-corrected chi connectivity index (χ0v) is 21.8. The molecule has 0 aromatic heterocycles. The minimum absolute atomic E-state index is 0.124. The van der Waals surface area contributed by atoms with Crippen LogP contribution in [0, 0.1) is 0 Å². The summed E-state index contributed by atoms with van der Waals surface area (Å²) in [4.78, 5) is 28.0. The van der Waals surface area contributed by atoms with E-state index in [1.807, 2.05) is 45.4 Å². The number of carbonyl (C=O) groups excluding carboxylic acids is 2. The number of thioether (sulfide) groups is 1. The molecule has 0 atom stereocenters. The molecule has 1 rings (SSSR count). The Kier molecular flexibility index (Phi) is 16.5. The van der Waals surface area contributed by atoms with Crippen molar-refractivity contribution < 1.29 is 28.5 Å². The molecule has 0 aliphatic rings. The third kappa shape index (κ3) is 16.8. The first kappa shape index (κ1) is 30.3. The van der Waals surface area contributed by atoms with Crippen LogP contribution >= 0.6 is 11.8 Å². The van der Waals surface area contributed by atoms with Gasteiger partial charge in [0, 0.05) is 24.7 Å². The quantitative estimate of drug-likeness (QED) is 0.232. The molecule has 9 heteroatoms. The zero-order valence-electron chi connectivity index (χ0n) is 21.0. The van der Waals surface area contributed by atoms with Crippen molar-refractivity contribution >= 4 is 29.7 Å². The lowest BCUT2D eigenvalue weighted by atomic mass is 10.1. The third-order valence-electron chi connectivity index (χ3n) is 4.25. The maximum Gasteiger partial charge on any atom is 0.251 e. The number of ether oxygens (including phenoxy) is 4. The molecular weight excluding hydrogens is 456 g/mol. The van der Waals surface area contributed by atoms with E-state index in [0.717, 1.165) is 5.56 Å². The van der Waals surface area contributed by atoms with Crippen LogP contribution in [0.3, 0.4) is 0 Å². The second-order valence-electron chi connectivity index (χ2n) is 8.48. The average molecular weight is 497 g/mol. The van der Waals surface area contributed by atoms with E-state index in [-0.39, 0.29) is 17.2 Å². The number of aliphatic imine (C=N–C) groups is 1. The minimum Gasteiger partial charge on any atom is -0.379 e. The molecule has 0 aliphatic heterocycles. The number of hydrogen-bond acceptors (Lipinski definition) is 8. The Labute approximate surface area is 208 Å². The summed E-state index contributed by atoms with van der Waals surface area (Å²) in [6.45, 7) is 10.2. The molecule has 0 bridgehead atoms. The first-order valence-electron chi connectivity index (χ1n) is 11.6. The predicted molar refractivity (Wildman–Crippen MR) is 137 cm³/mol. The van der Waals surface area contributed by atoms with Crippen LogP contribution in [0.25, 0.3) is 0 Å². The second kappa shape index (κ2) is 18.5. The van der Waals surface area contributed by atoms with Crippen molar-refractivity contribution in [2.45, 2.75) is 32.7 Å². The minimum atomic E-state index is -0.133. The van der Waals surface area contributed by atoms with Gasteiger partial charge in [-0.1, -0.05) is 12.1 Å². The van der Waals surface area contributed by atoms with E-state index in [2.05, 4.69) is 10.3 Å². The third-order valence-corrected chi connectivity index (χ3v) is 4.86. The Hall–Kier alpha value is -1.78. The highest BCUT2D eigenvalue weighted by Crippen LogP contribution is 2.08. The predicted octanol–water partition coefficient (Wildman–Crippen LogP) is 3.02. The molecule has 34 heavy (non-hydrogen) atoms. The van der Waals surface area contributed by atoms with Gasteiger partial charge < -0.3 is 24.3 Å². The molecule has 8 nitrogen and oxygen atoms in total. The van der Waals surface area contributed by atoms with Gasteiger partial charge in [-0.25, -0.2) is 0 Å². The van der Waals surface area contributed by atoms with Gasteiger partial charge in [-0.2, -0.15) is 11.8 Å². The van der Waals surface area contributed by atoms with Crippen LogP contribution in [0.2, 0.25) is 0 Å². The molecule has 1 aromatic rings. The smallest absolute Gasteiger partial charge is 0.251 e. The molecule has 1 N–H and O–H groups in total. The van der Waals surface area contributed by atoms with Crippen molar-refractivity contribution in [1.82, 2.24) is 5.32 Å². The highest BCUT2D eigenvalue weighted by Gasteiger charge is 2.06. The molecule has 0 saturated carbocycles. The maximum atomic E-state index is 12.2. The fourth-order valence-corrected chi connectivity index (χ4v) is 2.97. The highest BCUT2D eigenvalue weighted by atomic mass is 32.2. The largest absolute Gasteiger partial charge is 0.379 e. The van der Waals surface area contributed by atoms with Crippen LogP contribution < -0.4 is 5.32 Å². The zero-order chi connectivity index (χ0) is 25.1. The van der Waals surface area contributed by atoms with Gasteiger partial charge in [0.2, 0.25) is 0 Å². The number of nitrogens with one attached hydrogen (secondary N) is 1. The molecule has 0 unspecified atom stereocenters. The molecule has 1 aromatic carbocycles. The van der Waals surface area contributed by atoms with Gasteiger partial charge in [0.05, 0.1) is 64.1 Å². The van der Waals surface area contributed by atoms with Crippen LogP contribution in [0.5, 0.6) is 0 Å². The van der Waals surface area contributed by atoms with E-state index in [1.165, 1.54) is 11.8 Å². The van der Waals surface area contributed by atoms with Crippen molar-refractivity contribution in [3.8, 4) is 0 Å². The summed E-state index contributed by atoms with van der Waals surface area (Å²) in [6.07, 6.45) is 4.18. The molecular formula is C25H40N2O6S. The van der Waals surface area contributed by atoms with Crippen molar-refractivity contribution in [3.63, 3.8) is 0 Å². The number of hydrogen-bond donors (Lipinski definition) is 1. The molecule has 0 radical (unpaired) electrons. The van der Waals surface area contributed by atoms with Gasteiger partial charge >= 0.3 is 0 Å². The van der Waals surface area contributed by atoms with Crippen molar-refractivity contribution in [3.05, 3.63) is 35.4 Å². The maximum absolute atomic E-state index is 12.2. The summed E-state index contributed by atoms with van der Waals surface area (Å²) in [6, 6.07) is 7.34. The molecule has 0 spiro atoms. The molecule has 0 saturated heterocycles. The molecule has 1 amide bonds. The monoisotopic (exact) mass is 496 g/mol. The van der Waals surface area contributed by atoms with Crippen molar-refractivity contribution in [1.29, 1.82) is 0 Å². The lowest BCUT2D eigenvalue weighted by molar-refractivity contribution is -0.117. The van der Waals surface area contributed by atoms with E-state index in [4.69, 9.17) is 18.9 Å². The average Bonchev–Trinajstić information content (AvgIpc) is 2.80. The van der Waals surface area contributed by atoms with Gasteiger partial charge in [0.25, 0.3) is 5.91 Å². The van der Waals surface area contributed by atoms with Crippen LogP contribution in [0.15, 0.2) is 29.3 Å². The Morgan fingerprint density at radius 1 is 0.882 bits per heavy atom. The summed E-state index contributed by atoms with van der Waals surface area (Å²) >= 11 is 1.53.